The zero-order valence-electron chi connectivity index (χ0n) is 10.9. The van der Waals surface area contributed by atoms with Gasteiger partial charge in [-0.2, -0.15) is 18.4 Å². The average molecular weight is 312 g/mol. The quantitative estimate of drug-likeness (QED) is 0.789. The lowest BCUT2D eigenvalue weighted by Gasteiger charge is -2.06. The van der Waals surface area contributed by atoms with E-state index in [1.54, 1.807) is 18.2 Å². The zero-order valence-corrected chi connectivity index (χ0v) is 11.7. The van der Waals surface area contributed by atoms with Crippen molar-refractivity contribution in [2.75, 3.05) is 13.2 Å². The van der Waals surface area contributed by atoms with E-state index in [1.807, 2.05) is 17.5 Å². The number of hydrogen-bond acceptors (Lipinski definition) is 4. The van der Waals surface area contributed by atoms with Crippen molar-refractivity contribution in [2.24, 2.45) is 0 Å². The maximum atomic E-state index is 11.9. The molecule has 0 aliphatic heterocycles. The highest BCUT2D eigenvalue weighted by molar-refractivity contribution is 7.09. The maximum Gasteiger partial charge on any atom is 0.411 e. The third-order valence-corrected chi connectivity index (χ3v) is 3.47. The first kappa shape index (κ1) is 15.5. The number of aromatic nitrogens is 1. The van der Waals surface area contributed by atoms with Gasteiger partial charge in [-0.1, -0.05) is 12.1 Å². The summed E-state index contributed by atoms with van der Waals surface area (Å²) in [6, 6.07) is 9.06. The van der Waals surface area contributed by atoms with Gasteiger partial charge in [0.2, 0.25) is 0 Å². The van der Waals surface area contributed by atoms with Gasteiger partial charge in [0.25, 0.3) is 0 Å². The molecule has 0 saturated heterocycles. The number of halogens is 3. The number of benzene rings is 1. The van der Waals surface area contributed by atoms with E-state index >= 15 is 0 Å². The molecule has 0 N–H and O–H groups in total. The molecular formula is C14H11F3N2OS. The molecule has 0 fully saturated rings. The summed E-state index contributed by atoms with van der Waals surface area (Å²) in [5.74, 6) is 0. The van der Waals surface area contributed by atoms with Gasteiger partial charge >= 0.3 is 6.18 Å². The predicted octanol–water partition coefficient (Wildman–Crippen LogP) is 3.80. The lowest BCUT2D eigenvalue weighted by atomic mass is 10.1. The van der Waals surface area contributed by atoms with E-state index in [0.29, 0.717) is 22.7 Å². The average Bonchev–Trinajstić information content (AvgIpc) is 2.91. The molecule has 7 heteroatoms. The van der Waals surface area contributed by atoms with Crippen LogP contribution >= 0.6 is 11.3 Å². The molecule has 110 valence electrons. The van der Waals surface area contributed by atoms with Crippen LogP contribution < -0.4 is 0 Å². The van der Waals surface area contributed by atoms with Gasteiger partial charge < -0.3 is 4.74 Å². The largest absolute Gasteiger partial charge is 0.411 e. The van der Waals surface area contributed by atoms with Crippen LogP contribution in [0.15, 0.2) is 29.6 Å². The minimum Gasteiger partial charge on any atom is -0.372 e. The Bertz CT molecular complexity index is 646. The highest BCUT2D eigenvalue weighted by Gasteiger charge is 2.27. The Morgan fingerprint density at radius 2 is 2.14 bits per heavy atom. The molecule has 0 aliphatic rings. The van der Waals surface area contributed by atoms with Crippen LogP contribution in [-0.2, 0) is 11.2 Å². The predicted molar refractivity (Wildman–Crippen MR) is 72.8 cm³/mol. The van der Waals surface area contributed by atoms with E-state index in [0.717, 1.165) is 5.56 Å². The van der Waals surface area contributed by atoms with Gasteiger partial charge in [-0.25, -0.2) is 4.98 Å². The zero-order chi connectivity index (χ0) is 15.3. The second-order valence-electron chi connectivity index (χ2n) is 4.24. The molecule has 2 aromatic rings. The number of alkyl halides is 3. The van der Waals surface area contributed by atoms with Gasteiger partial charge in [-0.3, -0.25) is 0 Å². The summed E-state index contributed by atoms with van der Waals surface area (Å²) >= 11 is 1.36. The molecule has 0 amide bonds. The standard InChI is InChI=1S/C14H11F3N2OS/c15-14(16,17)9-20-5-4-13-19-12(8-21-13)11-3-1-2-10(6-11)7-18/h1-3,6,8H,4-5,9H2. The molecule has 0 bridgehead atoms. The minimum atomic E-state index is -4.30. The molecule has 1 aromatic carbocycles. The summed E-state index contributed by atoms with van der Waals surface area (Å²) in [5, 5.41) is 11.4. The first-order chi connectivity index (χ1) is 9.98. The molecule has 3 nitrogen and oxygen atoms in total. The van der Waals surface area contributed by atoms with Crippen LogP contribution in [0.1, 0.15) is 10.6 Å². The Balaban J connectivity index is 1.94. The molecule has 0 saturated carbocycles. The van der Waals surface area contributed by atoms with E-state index in [-0.39, 0.29) is 6.61 Å². The first-order valence-electron chi connectivity index (χ1n) is 6.07. The number of hydrogen-bond donors (Lipinski definition) is 0. The SMILES string of the molecule is N#Cc1cccc(-c2csc(CCOCC(F)(F)F)n2)c1. The van der Waals surface area contributed by atoms with Crippen molar-refractivity contribution < 1.29 is 17.9 Å². The van der Waals surface area contributed by atoms with Gasteiger partial charge in [-0.15, -0.1) is 11.3 Å². The second kappa shape index (κ2) is 6.70. The highest BCUT2D eigenvalue weighted by Crippen LogP contribution is 2.23. The molecule has 21 heavy (non-hydrogen) atoms. The summed E-state index contributed by atoms with van der Waals surface area (Å²) < 4.78 is 40.3. The summed E-state index contributed by atoms with van der Waals surface area (Å²) in [7, 11) is 0. The summed E-state index contributed by atoms with van der Waals surface area (Å²) in [4.78, 5) is 4.34. The topological polar surface area (TPSA) is 45.9 Å². The highest BCUT2D eigenvalue weighted by atomic mass is 32.1. The summed E-state index contributed by atoms with van der Waals surface area (Å²) in [5.41, 5.74) is 2.06. The molecule has 1 aromatic heterocycles. The lowest BCUT2D eigenvalue weighted by Crippen LogP contribution is -2.17. The number of nitrogens with zero attached hydrogens (tertiary/aromatic N) is 2. The van der Waals surface area contributed by atoms with Crippen LogP contribution in [0.5, 0.6) is 0 Å². The molecular weight excluding hydrogens is 301 g/mol. The van der Waals surface area contributed by atoms with Gasteiger partial charge in [-0.05, 0) is 12.1 Å². The van der Waals surface area contributed by atoms with Crippen LogP contribution in [0.25, 0.3) is 11.3 Å². The molecule has 0 atom stereocenters. The molecule has 1 heterocycles. The Kier molecular flexibility index (Phi) is 4.94. The summed E-state index contributed by atoms with van der Waals surface area (Å²) in [6.45, 7) is -1.26. The van der Waals surface area contributed by atoms with Crippen LogP contribution in [0.3, 0.4) is 0 Å². The minimum absolute atomic E-state index is 0.0231. The second-order valence-corrected chi connectivity index (χ2v) is 5.18. The van der Waals surface area contributed by atoms with Crippen LogP contribution in [-0.4, -0.2) is 24.4 Å². The van der Waals surface area contributed by atoms with Crippen molar-refractivity contribution in [1.29, 1.82) is 5.26 Å². The van der Waals surface area contributed by atoms with Crippen molar-refractivity contribution in [3.05, 3.63) is 40.2 Å². The number of nitriles is 1. The van der Waals surface area contributed by atoms with Crippen LogP contribution in [0, 0.1) is 11.3 Å². The van der Waals surface area contributed by atoms with Crippen molar-refractivity contribution >= 4 is 11.3 Å². The van der Waals surface area contributed by atoms with E-state index in [1.165, 1.54) is 11.3 Å². The normalized spacial score (nSPS) is 11.3. The molecule has 2 rings (SSSR count). The molecule has 0 unspecified atom stereocenters. The Labute approximate surface area is 123 Å². The smallest absolute Gasteiger partial charge is 0.372 e. The van der Waals surface area contributed by atoms with E-state index < -0.39 is 12.8 Å². The number of thiazole rings is 1. The van der Waals surface area contributed by atoms with Gasteiger partial charge in [0.1, 0.15) is 6.61 Å². The van der Waals surface area contributed by atoms with Gasteiger partial charge in [0, 0.05) is 17.4 Å². The van der Waals surface area contributed by atoms with Gasteiger partial charge in [0.15, 0.2) is 0 Å². The monoisotopic (exact) mass is 312 g/mol. The Hall–Kier alpha value is -1.91. The van der Waals surface area contributed by atoms with E-state index in [4.69, 9.17) is 5.26 Å². The molecule has 0 spiro atoms. The fourth-order valence-corrected chi connectivity index (χ4v) is 2.44. The number of rotatable bonds is 5. The third kappa shape index (κ3) is 4.85. The third-order valence-electron chi connectivity index (χ3n) is 2.57. The van der Waals surface area contributed by atoms with Crippen LogP contribution in [0.2, 0.25) is 0 Å². The summed E-state index contributed by atoms with van der Waals surface area (Å²) in [6.07, 6.45) is -3.97. The first-order valence-corrected chi connectivity index (χ1v) is 6.95. The molecule has 0 aliphatic carbocycles. The van der Waals surface area contributed by atoms with Crippen molar-refractivity contribution in [3.63, 3.8) is 0 Å². The van der Waals surface area contributed by atoms with Crippen molar-refractivity contribution in [1.82, 2.24) is 4.98 Å². The lowest BCUT2D eigenvalue weighted by molar-refractivity contribution is -0.173. The van der Waals surface area contributed by atoms with E-state index in [9.17, 15) is 13.2 Å². The van der Waals surface area contributed by atoms with Crippen molar-refractivity contribution in [3.8, 4) is 17.3 Å². The number of ether oxygens (including phenoxy) is 1. The van der Waals surface area contributed by atoms with E-state index in [2.05, 4.69) is 9.72 Å². The fraction of sp³-hybridized carbons (Fsp3) is 0.286. The van der Waals surface area contributed by atoms with Gasteiger partial charge in [0.05, 0.1) is 28.9 Å². The van der Waals surface area contributed by atoms with Crippen molar-refractivity contribution in [2.45, 2.75) is 12.6 Å². The fourth-order valence-electron chi connectivity index (χ4n) is 1.65. The Morgan fingerprint density at radius 1 is 1.33 bits per heavy atom. The molecule has 0 radical (unpaired) electrons. The maximum absolute atomic E-state index is 11.9. The van der Waals surface area contributed by atoms with Crippen LogP contribution in [0.4, 0.5) is 13.2 Å². The Morgan fingerprint density at radius 3 is 2.86 bits per heavy atom.